The molecule has 0 bridgehead atoms. The smallest absolute Gasteiger partial charge is 0.263 e. The van der Waals surface area contributed by atoms with Crippen molar-refractivity contribution in [3.63, 3.8) is 0 Å². The molecule has 0 spiro atoms. The maximum absolute atomic E-state index is 13.1. The summed E-state index contributed by atoms with van der Waals surface area (Å²) < 4.78 is 1.53. The molecule has 30 heavy (non-hydrogen) atoms. The Morgan fingerprint density at radius 1 is 1.20 bits per heavy atom. The number of pyridine rings is 1. The summed E-state index contributed by atoms with van der Waals surface area (Å²) in [4.78, 5) is 47.8. The van der Waals surface area contributed by atoms with Crippen molar-refractivity contribution in [2.24, 2.45) is 5.92 Å². The molecule has 3 aromatic rings. The van der Waals surface area contributed by atoms with Gasteiger partial charge in [0.05, 0.1) is 23.7 Å². The van der Waals surface area contributed by atoms with Gasteiger partial charge in [-0.3, -0.25) is 18.8 Å². The topological polar surface area (TPSA) is 75.0 Å². The third kappa shape index (κ3) is 3.41. The molecule has 2 amide bonds. The van der Waals surface area contributed by atoms with Gasteiger partial charge in [0.2, 0.25) is 11.8 Å². The van der Waals surface area contributed by atoms with Gasteiger partial charge in [0.1, 0.15) is 5.65 Å². The highest BCUT2D eigenvalue weighted by molar-refractivity contribution is 7.09. The molecule has 0 aromatic carbocycles. The fourth-order valence-electron chi connectivity index (χ4n) is 4.35. The van der Waals surface area contributed by atoms with Gasteiger partial charge < -0.3 is 9.80 Å². The Balaban J connectivity index is 1.29. The molecule has 2 aliphatic heterocycles. The third-order valence-electron chi connectivity index (χ3n) is 5.96. The van der Waals surface area contributed by atoms with Crippen molar-refractivity contribution in [3.8, 4) is 0 Å². The van der Waals surface area contributed by atoms with Gasteiger partial charge in [0.15, 0.2) is 0 Å². The molecule has 7 nitrogen and oxygen atoms in total. The van der Waals surface area contributed by atoms with E-state index in [1.807, 2.05) is 23.6 Å². The van der Waals surface area contributed by atoms with Gasteiger partial charge in [-0.2, -0.15) is 0 Å². The maximum atomic E-state index is 13.1. The Labute approximate surface area is 177 Å². The highest BCUT2D eigenvalue weighted by Gasteiger charge is 2.37. The van der Waals surface area contributed by atoms with E-state index in [1.54, 1.807) is 33.4 Å². The number of rotatable bonds is 4. The first-order valence-corrected chi connectivity index (χ1v) is 11.1. The van der Waals surface area contributed by atoms with E-state index >= 15 is 0 Å². The second-order valence-corrected chi connectivity index (χ2v) is 8.88. The molecule has 154 valence electrons. The van der Waals surface area contributed by atoms with Gasteiger partial charge in [-0.15, -0.1) is 11.3 Å². The Morgan fingerprint density at radius 3 is 2.93 bits per heavy atom. The van der Waals surface area contributed by atoms with Gasteiger partial charge in [-0.25, -0.2) is 4.98 Å². The molecule has 1 saturated heterocycles. The number of thiophene rings is 1. The predicted molar refractivity (Wildman–Crippen MR) is 113 cm³/mol. The zero-order chi connectivity index (χ0) is 20.7. The van der Waals surface area contributed by atoms with E-state index in [0.717, 1.165) is 12.1 Å². The number of hydrogen-bond acceptors (Lipinski definition) is 5. The first-order valence-electron chi connectivity index (χ1n) is 10.2. The summed E-state index contributed by atoms with van der Waals surface area (Å²) in [6, 6.07) is 9.54. The van der Waals surface area contributed by atoms with Crippen LogP contribution in [0.15, 0.2) is 46.7 Å². The van der Waals surface area contributed by atoms with E-state index in [1.165, 1.54) is 9.28 Å². The van der Waals surface area contributed by atoms with Crippen molar-refractivity contribution in [3.05, 3.63) is 68.4 Å². The molecule has 5 rings (SSSR count). The Hall–Kier alpha value is -3.00. The third-order valence-corrected chi connectivity index (χ3v) is 6.90. The van der Waals surface area contributed by atoms with Crippen LogP contribution < -0.4 is 5.56 Å². The summed E-state index contributed by atoms with van der Waals surface area (Å²) in [7, 11) is 0. The van der Waals surface area contributed by atoms with Crippen LogP contribution in [0.5, 0.6) is 0 Å². The van der Waals surface area contributed by atoms with E-state index in [-0.39, 0.29) is 36.3 Å². The molecule has 0 saturated carbocycles. The Kier molecular flexibility index (Phi) is 4.86. The number of amides is 2. The summed E-state index contributed by atoms with van der Waals surface area (Å²) in [6.45, 7) is 1.89. The van der Waals surface area contributed by atoms with Gasteiger partial charge in [-0.1, -0.05) is 12.1 Å². The van der Waals surface area contributed by atoms with Crippen LogP contribution in [0.25, 0.3) is 5.65 Å². The normalized spacial score (nSPS) is 18.8. The first kappa shape index (κ1) is 19.0. The van der Waals surface area contributed by atoms with E-state index in [0.29, 0.717) is 37.3 Å². The number of aromatic nitrogens is 2. The van der Waals surface area contributed by atoms with Crippen molar-refractivity contribution in [1.82, 2.24) is 19.2 Å². The number of hydrogen-bond donors (Lipinski definition) is 0. The van der Waals surface area contributed by atoms with Crippen molar-refractivity contribution >= 4 is 28.8 Å². The summed E-state index contributed by atoms with van der Waals surface area (Å²) in [5.41, 5.74) is 1.87. The molecule has 0 aliphatic carbocycles. The number of likely N-dealkylation sites (tertiary alicyclic amines) is 1. The summed E-state index contributed by atoms with van der Waals surface area (Å²) in [5, 5.41) is 2.03. The second kappa shape index (κ2) is 7.68. The van der Waals surface area contributed by atoms with E-state index < -0.39 is 0 Å². The lowest BCUT2D eigenvalue weighted by atomic mass is 10.0. The van der Waals surface area contributed by atoms with Gasteiger partial charge in [0.25, 0.3) is 5.56 Å². The molecular weight excluding hydrogens is 400 g/mol. The largest absolute Gasteiger partial charge is 0.342 e. The highest BCUT2D eigenvalue weighted by atomic mass is 32.1. The minimum Gasteiger partial charge on any atom is -0.342 e. The van der Waals surface area contributed by atoms with E-state index in [4.69, 9.17) is 0 Å². The van der Waals surface area contributed by atoms with Crippen molar-refractivity contribution in [2.75, 3.05) is 19.6 Å². The van der Waals surface area contributed by atoms with Gasteiger partial charge in [-0.05, 0) is 30.0 Å². The number of nitrogens with zero attached hydrogens (tertiary/aromatic N) is 4. The molecule has 2 aliphatic rings. The quantitative estimate of drug-likeness (QED) is 0.642. The highest BCUT2D eigenvalue weighted by Crippen LogP contribution is 2.24. The number of carbonyl (C=O) groups excluding carboxylic acids is 2. The van der Waals surface area contributed by atoms with Crippen LogP contribution in [-0.2, 0) is 29.0 Å². The van der Waals surface area contributed by atoms with Crippen LogP contribution in [0, 0.1) is 5.92 Å². The fraction of sp³-hybridized carbons (Fsp3) is 0.364. The van der Waals surface area contributed by atoms with Crippen LogP contribution in [-0.4, -0.2) is 50.6 Å². The van der Waals surface area contributed by atoms with Gasteiger partial charge in [0, 0.05) is 43.5 Å². The zero-order valence-corrected chi connectivity index (χ0v) is 17.3. The molecule has 1 fully saturated rings. The standard InChI is InChI=1S/C22H22N4O3S/c27-20-12-15(13-24(20)9-6-16-4-3-11-30-16)21(28)25-10-7-18-17(14-25)22(29)26-8-2-1-5-19(26)23-18/h1-5,8,11,15H,6-7,9-10,12-14H2/t15-/m0/s1. The average molecular weight is 423 g/mol. The number of carbonyl (C=O) groups is 2. The number of fused-ring (bicyclic) bond motifs is 2. The fourth-order valence-corrected chi connectivity index (χ4v) is 5.05. The SMILES string of the molecule is O=C1C[C@H](C(=O)N2CCc3nc4ccccn4c(=O)c3C2)CN1CCc1cccs1. The Morgan fingerprint density at radius 2 is 2.10 bits per heavy atom. The Bertz CT molecular complexity index is 1170. The van der Waals surface area contributed by atoms with Crippen LogP contribution in [0.1, 0.15) is 22.6 Å². The minimum atomic E-state index is -0.335. The van der Waals surface area contributed by atoms with Crippen LogP contribution in [0.2, 0.25) is 0 Å². The second-order valence-electron chi connectivity index (χ2n) is 7.85. The lowest BCUT2D eigenvalue weighted by Crippen LogP contribution is -2.43. The van der Waals surface area contributed by atoms with Crippen molar-refractivity contribution in [1.29, 1.82) is 0 Å². The summed E-state index contributed by atoms with van der Waals surface area (Å²) >= 11 is 1.68. The predicted octanol–water partition coefficient (Wildman–Crippen LogP) is 1.73. The minimum absolute atomic E-state index is 0.0369. The molecule has 0 radical (unpaired) electrons. The van der Waals surface area contributed by atoms with Crippen LogP contribution >= 0.6 is 11.3 Å². The van der Waals surface area contributed by atoms with Crippen LogP contribution in [0.4, 0.5) is 0 Å². The molecule has 0 unspecified atom stereocenters. The van der Waals surface area contributed by atoms with Crippen molar-refractivity contribution < 1.29 is 9.59 Å². The molecule has 5 heterocycles. The molecule has 1 atom stereocenters. The van der Waals surface area contributed by atoms with Gasteiger partial charge >= 0.3 is 0 Å². The van der Waals surface area contributed by atoms with Crippen molar-refractivity contribution in [2.45, 2.75) is 25.8 Å². The lowest BCUT2D eigenvalue weighted by Gasteiger charge is -2.30. The van der Waals surface area contributed by atoms with Crippen LogP contribution in [0.3, 0.4) is 0 Å². The molecular formula is C22H22N4O3S. The summed E-state index contributed by atoms with van der Waals surface area (Å²) in [6.07, 6.45) is 3.33. The molecule has 3 aromatic heterocycles. The average Bonchev–Trinajstić information content (AvgIpc) is 3.41. The summed E-state index contributed by atoms with van der Waals surface area (Å²) in [5.74, 6) is -0.334. The lowest BCUT2D eigenvalue weighted by molar-refractivity contribution is -0.136. The zero-order valence-electron chi connectivity index (χ0n) is 16.5. The monoisotopic (exact) mass is 422 g/mol. The molecule has 8 heteroatoms. The van der Waals surface area contributed by atoms with E-state index in [2.05, 4.69) is 11.1 Å². The molecule has 0 N–H and O–H groups in total. The van der Waals surface area contributed by atoms with E-state index in [9.17, 15) is 14.4 Å². The maximum Gasteiger partial charge on any atom is 0.263 e. The first-order chi connectivity index (χ1) is 14.6.